The van der Waals surface area contributed by atoms with Crippen LogP contribution in [0.2, 0.25) is 0 Å². The van der Waals surface area contributed by atoms with Gasteiger partial charge in [0.25, 0.3) is 0 Å². The van der Waals surface area contributed by atoms with Gasteiger partial charge in [0.05, 0.1) is 17.5 Å². The quantitative estimate of drug-likeness (QED) is 0.637. The maximum Gasteiger partial charge on any atom is 0.196 e. The third-order valence-corrected chi connectivity index (χ3v) is 4.12. The van der Waals surface area contributed by atoms with Crippen LogP contribution >= 0.6 is 0 Å². The number of anilines is 2. The molecule has 0 radical (unpaired) electrons. The minimum absolute atomic E-state index is 0.230. The van der Waals surface area contributed by atoms with Gasteiger partial charge in [0.1, 0.15) is 0 Å². The zero-order valence-electron chi connectivity index (χ0n) is 14.9. The Balaban J connectivity index is 1.99. The van der Waals surface area contributed by atoms with Gasteiger partial charge in [-0.15, -0.1) is 5.10 Å². The highest BCUT2D eigenvalue weighted by molar-refractivity contribution is 5.58. The van der Waals surface area contributed by atoms with E-state index in [1.807, 2.05) is 19.9 Å². The molecule has 0 spiro atoms. The number of halogens is 3. The summed E-state index contributed by atoms with van der Waals surface area (Å²) in [6, 6.07) is 7.14. The van der Waals surface area contributed by atoms with Crippen LogP contribution in [0.4, 0.5) is 24.7 Å². The lowest BCUT2D eigenvalue weighted by molar-refractivity contribution is 0.169. The van der Waals surface area contributed by atoms with Crippen LogP contribution in [0.25, 0.3) is 5.69 Å². The largest absolute Gasteiger partial charge is 0.393 e. The summed E-state index contributed by atoms with van der Waals surface area (Å²) in [5, 5.41) is 17.1. The SMILES string of the molecule is CC[C@H](O)Cc1cc(Nc2ccc(F)c(F)c2F)nn1-c1ccnc(C)c1. The molecule has 2 heterocycles. The Kier molecular flexibility index (Phi) is 5.46. The van der Waals surface area contributed by atoms with Gasteiger partial charge in [0, 0.05) is 30.1 Å². The second-order valence-corrected chi connectivity index (χ2v) is 6.20. The number of nitrogens with zero attached hydrogens (tertiary/aromatic N) is 3. The molecule has 142 valence electrons. The Morgan fingerprint density at radius 1 is 1.15 bits per heavy atom. The first-order valence-electron chi connectivity index (χ1n) is 8.49. The number of aryl methyl sites for hydroxylation is 1. The number of aliphatic hydroxyl groups is 1. The van der Waals surface area contributed by atoms with Crippen molar-refractivity contribution in [1.82, 2.24) is 14.8 Å². The summed E-state index contributed by atoms with van der Waals surface area (Å²) in [5.74, 6) is -3.89. The van der Waals surface area contributed by atoms with E-state index in [2.05, 4.69) is 15.4 Å². The zero-order chi connectivity index (χ0) is 19.6. The Bertz CT molecular complexity index is 958. The van der Waals surface area contributed by atoms with Gasteiger partial charge >= 0.3 is 0 Å². The van der Waals surface area contributed by atoms with Gasteiger partial charge in [-0.05, 0) is 37.6 Å². The Labute approximate surface area is 154 Å². The summed E-state index contributed by atoms with van der Waals surface area (Å²) in [6.07, 6.45) is 1.94. The minimum Gasteiger partial charge on any atom is -0.393 e. The predicted octanol–water partition coefficient (Wildman–Crippen LogP) is 4.05. The van der Waals surface area contributed by atoms with Gasteiger partial charge in [-0.3, -0.25) is 4.98 Å². The molecule has 8 heteroatoms. The third kappa shape index (κ3) is 4.11. The predicted molar refractivity (Wildman–Crippen MR) is 95.7 cm³/mol. The van der Waals surface area contributed by atoms with E-state index in [0.29, 0.717) is 18.5 Å². The van der Waals surface area contributed by atoms with Gasteiger partial charge in [-0.1, -0.05) is 6.92 Å². The van der Waals surface area contributed by atoms with E-state index >= 15 is 0 Å². The molecule has 0 aliphatic carbocycles. The number of nitrogens with one attached hydrogen (secondary N) is 1. The molecular formula is C19H19F3N4O. The van der Waals surface area contributed by atoms with Crippen LogP contribution in [0, 0.1) is 24.4 Å². The molecule has 0 aliphatic rings. The molecule has 27 heavy (non-hydrogen) atoms. The van der Waals surface area contributed by atoms with Gasteiger partial charge < -0.3 is 10.4 Å². The molecule has 0 fully saturated rings. The Morgan fingerprint density at radius 2 is 1.93 bits per heavy atom. The van der Waals surface area contributed by atoms with Gasteiger partial charge in [-0.25, -0.2) is 17.9 Å². The van der Waals surface area contributed by atoms with E-state index < -0.39 is 23.6 Å². The molecule has 0 bridgehead atoms. The topological polar surface area (TPSA) is 63.0 Å². The van der Waals surface area contributed by atoms with Crippen LogP contribution in [-0.4, -0.2) is 26.0 Å². The van der Waals surface area contributed by atoms with Crippen molar-refractivity contribution < 1.29 is 18.3 Å². The molecule has 0 amide bonds. The molecule has 0 saturated carbocycles. The fraction of sp³-hybridized carbons (Fsp3) is 0.263. The zero-order valence-corrected chi connectivity index (χ0v) is 14.9. The molecule has 3 aromatic rings. The first-order chi connectivity index (χ1) is 12.9. The highest BCUT2D eigenvalue weighted by Crippen LogP contribution is 2.25. The van der Waals surface area contributed by atoms with Crippen molar-refractivity contribution in [2.24, 2.45) is 0 Å². The van der Waals surface area contributed by atoms with Crippen LogP contribution in [0.5, 0.6) is 0 Å². The summed E-state index contributed by atoms with van der Waals surface area (Å²) in [6.45, 7) is 3.70. The van der Waals surface area contributed by atoms with E-state index in [1.165, 1.54) is 0 Å². The highest BCUT2D eigenvalue weighted by atomic mass is 19.2. The monoisotopic (exact) mass is 376 g/mol. The molecule has 2 aromatic heterocycles. The van der Waals surface area contributed by atoms with Gasteiger partial charge in [0.15, 0.2) is 23.3 Å². The average molecular weight is 376 g/mol. The lowest BCUT2D eigenvalue weighted by atomic mass is 10.1. The van der Waals surface area contributed by atoms with Crippen molar-refractivity contribution in [3.63, 3.8) is 0 Å². The maximum atomic E-state index is 13.9. The van der Waals surface area contributed by atoms with Crippen molar-refractivity contribution in [2.45, 2.75) is 32.8 Å². The van der Waals surface area contributed by atoms with Crippen LogP contribution in [0.1, 0.15) is 24.7 Å². The van der Waals surface area contributed by atoms with Crippen LogP contribution in [0.15, 0.2) is 36.5 Å². The van der Waals surface area contributed by atoms with Crippen molar-refractivity contribution in [1.29, 1.82) is 0 Å². The molecule has 1 atom stereocenters. The average Bonchev–Trinajstić information content (AvgIpc) is 3.04. The van der Waals surface area contributed by atoms with Gasteiger partial charge in [-0.2, -0.15) is 0 Å². The molecule has 3 rings (SSSR count). The van der Waals surface area contributed by atoms with Crippen molar-refractivity contribution in [3.8, 4) is 5.69 Å². The smallest absolute Gasteiger partial charge is 0.196 e. The normalized spacial score (nSPS) is 12.2. The number of rotatable bonds is 6. The number of pyridine rings is 1. The fourth-order valence-electron chi connectivity index (χ4n) is 2.66. The number of hydrogen-bond acceptors (Lipinski definition) is 4. The van der Waals surface area contributed by atoms with E-state index in [0.717, 1.165) is 23.5 Å². The number of aliphatic hydroxyl groups excluding tert-OH is 1. The van der Waals surface area contributed by atoms with E-state index in [9.17, 15) is 18.3 Å². The summed E-state index contributed by atoms with van der Waals surface area (Å²) in [4.78, 5) is 4.14. The summed E-state index contributed by atoms with van der Waals surface area (Å²) in [5.41, 5.74) is 1.96. The fourth-order valence-corrected chi connectivity index (χ4v) is 2.66. The summed E-state index contributed by atoms with van der Waals surface area (Å²) >= 11 is 0. The van der Waals surface area contributed by atoms with E-state index in [4.69, 9.17) is 0 Å². The molecule has 1 aromatic carbocycles. The Morgan fingerprint density at radius 3 is 2.63 bits per heavy atom. The standard InChI is InChI=1S/C19H19F3N4O/c1-3-14(27)9-13-10-17(24-16-5-4-15(20)18(21)19(16)22)25-26(13)12-6-7-23-11(2)8-12/h4-8,10,14,27H,3,9H2,1-2H3,(H,24,25)/t14-/m0/s1. The van der Waals surface area contributed by atoms with Crippen LogP contribution in [-0.2, 0) is 6.42 Å². The van der Waals surface area contributed by atoms with Crippen LogP contribution < -0.4 is 5.32 Å². The van der Waals surface area contributed by atoms with Crippen molar-refractivity contribution in [2.75, 3.05) is 5.32 Å². The molecule has 0 saturated heterocycles. The summed E-state index contributed by atoms with van der Waals surface area (Å²) < 4.78 is 42.1. The van der Waals surface area contributed by atoms with E-state index in [-0.39, 0.29) is 11.5 Å². The molecule has 0 aliphatic heterocycles. The van der Waals surface area contributed by atoms with E-state index in [1.54, 1.807) is 23.0 Å². The lowest BCUT2D eigenvalue weighted by Gasteiger charge is -2.10. The maximum absolute atomic E-state index is 13.9. The second-order valence-electron chi connectivity index (χ2n) is 6.20. The van der Waals surface area contributed by atoms with Crippen molar-refractivity contribution in [3.05, 3.63) is 65.4 Å². The number of hydrogen-bond donors (Lipinski definition) is 2. The third-order valence-electron chi connectivity index (χ3n) is 4.12. The minimum atomic E-state index is -1.55. The molecule has 5 nitrogen and oxygen atoms in total. The lowest BCUT2D eigenvalue weighted by Crippen LogP contribution is -2.12. The molecular weight excluding hydrogens is 357 g/mol. The number of aromatic nitrogens is 3. The Hall–Kier alpha value is -2.87. The first-order valence-corrected chi connectivity index (χ1v) is 8.49. The van der Waals surface area contributed by atoms with Crippen LogP contribution in [0.3, 0.4) is 0 Å². The van der Waals surface area contributed by atoms with Gasteiger partial charge in [0.2, 0.25) is 0 Å². The second kappa shape index (κ2) is 7.79. The molecule has 0 unspecified atom stereocenters. The summed E-state index contributed by atoms with van der Waals surface area (Å²) in [7, 11) is 0. The molecule has 2 N–H and O–H groups in total. The highest BCUT2D eigenvalue weighted by Gasteiger charge is 2.17. The number of benzene rings is 1. The first kappa shape index (κ1) is 18.9. The van der Waals surface area contributed by atoms with Crippen molar-refractivity contribution >= 4 is 11.5 Å².